The summed E-state index contributed by atoms with van der Waals surface area (Å²) < 4.78 is 11.0. The second kappa shape index (κ2) is 6.45. The average Bonchev–Trinajstić information content (AvgIpc) is 2.83. The normalized spacial score (nSPS) is 10.6. The molecule has 0 unspecified atom stereocenters. The van der Waals surface area contributed by atoms with Crippen molar-refractivity contribution in [2.24, 2.45) is 0 Å². The van der Waals surface area contributed by atoms with Gasteiger partial charge in [-0.25, -0.2) is 0 Å². The second-order valence-electron chi connectivity index (χ2n) is 4.66. The fourth-order valence-electron chi connectivity index (χ4n) is 2.28. The lowest BCUT2D eigenvalue weighted by Gasteiger charge is -2.18. The molecule has 0 radical (unpaired) electrons. The monoisotopic (exact) mass is 289 g/mol. The van der Waals surface area contributed by atoms with E-state index in [0.29, 0.717) is 17.9 Å². The molecule has 5 nitrogen and oxygen atoms in total. The third-order valence-corrected chi connectivity index (χ3v) is 3.35. The van der Waals surface area contributed by atoms with Crippen LogP contribution in [0.4, 0.5) is 0 Å². The Bertz CT molecular complexity index is 660. The number of benzene rings is 1. The third-order valence-electron chi connectivity index (χ3n) is 3.35. The minimum Gasteiger partial charge on any atom is -0.493 e. The van der Waals surface area contributed by atoms with Crippen molar-refractivity contribution in [3.8, 4) is 5.75 Å². The van der Waals surface area contributed by atoms with E-state index in [0.717, 1.165) is 10.9 Å². The maximum absolute atomic E-state index is 12.5. The third kappa shape index (κ3) is 2.78. The summed E-state index contributed by atoms with van der Waals surface area (Å²) in [5.74, 6) is 0.594. The lowest BCUT2D eigenvalue weighted by Crippen LogP contribution is -2.33. The fraction of sp³-hybridized carbons (Fsp3) is 0.312. The summed E-state index contributed by atoms with van der Waals surface area (Å²) >= 11 is 0. The molecule has 0 fully saturated rings. The molecule has 0 bridgehead atoms. The highest BCUT2D eigenvalue weighted by atomic mass is 16.5. The first-order valence-corrected chi connectivity index (χ1v) is 6.71. The molecule has 1 N–H and O–H groups in total. The number of nitrogens with zero attached hydrogens (tertiary/aromatic N) is 1. The number of ether oxygens (including phenoxy) is 1. The van der Waals surface area contributed by atoms with E-state index in [1.807, 2.05) is 19.1 Å². The first-order chi connectivity index (χ1) is 10.1. The van der Waals surface area contributed by atoms with Gasteiger partial charge in [0, 0.05) is 24.0 Å². The number of amides is 1. The molecule has 0 atom stereocenters. The average molecular weight is 289 g/mol. The molecule has 2 aromatic rings. The minimum absolute atomic E-state index is 0.109. The molecule has 0 spiro atoms. The highest BCUT2D eigenvalue weighted by Gasteiger charge is 2.23. The number of rotatable bonds is 6. The number of methoxy groups -OCH3 is 1. The van der Waals surface area contributed by atoms with Crippen LogP contribution in [0.2, 0.25) is 0 Å². The van der Waals surface area contributed by atoms with Crippen LogP contribution in [-0.2, 0) is 0 Å². The molecule has 21 heavy (non-hydrogen) atoms. The molecular formula is C16H19NO4. The molecule has 1 aromatic carbocycles. The van der Waals surface area contributed by atoms with Crippen molar-refractivity contribution in [3.63, 3.8) is 0 Å². The number of para-hydroxylation sites is 1. The predicted molar refractivity (Wildman–Crippen MR) is 80.7 cm³/mol. The molecule has 0 aliphatic rings. The summed E-state index contributed by atoms with van der Waals surface area (Å²) in [6, 6.07) is 5.53. The Balaban J connectivity index is 2.48. The van der Waals surface area contributed by atoms with E-state index in [-0.39, 0.29) is 24.8 Å². The van der Waals surface area contributed by atoms with Crippen molar-refractivity contribution >= 4 is 16.9 Å². The summed E-state index contributed by atoms with van der Waals surface area (Å²) in [6.45, 7) is 5.94. The molecule has 0 saturated heterocycles. The zero-order chi connectivity index (χ0) is 15.4. The molecule has 0 aliphatic carbocycles. The van der Waals surface area contributed by atoms with Gasteiger partial charge in [-0.1, -0.05) is 18.2 Å². The van der Waals surface area contributed by atoms with Crippen LogP contribution in [0.5, 0.6) is 5.75 Å². The number of hydrogen-bond donors (Lipinski definition) is 1. The minimum atomic E-state index is -0.264. The summed E-state index contributed by atoms with van der Waals surface area (Å²) in [5, 5.41) is 9.92. The first kappa shape index (κ1) is 15.1. The van der Waals surface area contributed by atoms with Gasteiger partial charge < -0.3 is 19.2 Å². The van der Waals surface area contributed by atoms with Crippen LogP contribution in [-0.4, -0.2) is 42.7 Å². The van der Waals surface area contributed by atoms with Crippen LogP contribution in [0.25, 0.3) is 11.0 Å². The summed E-state index contributed by atoms with van der Waals surface area (Å²) in [7, 11) is 1.56. The lowest BCUT2D eigenvalue weighted by molar-refractivity contribution is 0.0712. The number of aliphatic hydroxyl groups excluding tert-OH is 1. The van der Waals surface area contributed by atoms with Crippen molar-refractivity contribution in [2.45, 2.75) is 6.92 Å². The van der Waals surface area contributed by atoms with Crippen molar-refractivity contribution in [2.75, 3.05) is 26.8 Å². The zero-order valence-electron chi connectivity index (χ0n) is 12.3. The van der Waals surface area contributed by atoms with Gasteiger partial charge in [-0.3, -0.25) is 4.79 Å². The van der Waals surface area contributed by atoms with E-state index < -0.39 is 0 Å². The Hall–Kier alpha value is -2.27. The molecular weight excluding hydrogens is 270 g/mol. The van der Waals surface area contributed by atoms with Gasteiger partial charge in [0.15, 0.2) is 17.1 Å². The van der Waals surface area contributed by atoms with Crippen molar-refractivity contribution in [1.29, 1.82) is 0 Å². The van der Waals surface area contributed by atoms with E-state index in [1.54, 1.807) is 19.3 Å². The standard InChI is InChI=1S/C16H19NO4/c1-4-8-17(9-10-18)16(19)14-11(2)12-6-5-7-13(20-3)15(12)21-14/h4-7,18H,1,8-10H2,2-3H3. The Morgan fingerprint density at radius 1 is 1.52 bits per heavy atom. The van der Waals surface area contributed by atoms with Gasteiger partial charge in [-0.15, -0.1) is 6.58 Å². The molecule has 112 valence electrons. The molecule has 1 heterocycles. The van der Waals surface area contributed by atoms with E-state index >= 15 is 0 Å². The van der Waals surface area contributed by atoms with E-state index in [1.165, 1.54) is 4.90 Å². The number of carbonyl (C=O) groups is 1. The van der Waals surface area contributed by atoms with E-state index in [2.05, 4.69) is 6.58 Å². The fourth-order valence-corrected chi connectivity index (χ4v) is 2.28. The highest BCUT2D eigenvalue weighted by Crippen LogP contribution is 2.32. The van der Waals surface area contributed by atoms with Crippen LogP contribution >= 0.6 is 0 Å². The van der Waals surface area contributed by atoms with Crippen LogP contribution in [0.15, 0.2) is 35.3 Å². The Morgan fingerprint density at radius 3 is 2.90 bits per heavy atom. The van der Waals surface area contributed by atoms with Gasteiger partial charge in [-0.2, -0.15) is 0 Å². The zero-order valence-corrected chi connectivity index (χ0v) is 12.3. The van der Waals surface area contributed by atoms with Crippen LogP contribution in [0.1, 0.15) is 16.1 Å². The number of fused-ring (bicyclic) bond motifs is 1. The van der Waals surface area contributed by atoms with Crippen LogP contribution < -0.4 is 4.74 Å². The second-order valence-corrected chi connectivity index (χ2v) is 4.66. The molecule has 0 saturated carbocycles. The van der Waals surface area contributed by atoms with Gasteiger partial charge in [0.05, 0.1) is 13.7 Å². The van der Waals surface area contributed by atoms with E-state index in [4.69, 9.17) is 14.3 Å². The summed E-state index contributed by atoms with van der Waals surface area (Å²) in [6.07, 6.45) is 1.62. The molecule has 5 heteroatoms. The van der Waals surface area contributed by atoms with Gasteiger partial charge in [0.2, 0.25) is 0 Å². The van der Waals surface area contributed by atoms with Gasteiger partial charge >= 0.3 is 0 Å². The van der Waals surface area contributed by atoms with Crippen LogP contribution in [0, 0.1) is 6.92 Å². The van der Waals surface area contributed by atoms with Crippen molar-refractivity contribution in [3.05, 3.63) is 42.2 Å². The summed E-state index contributed by atoms with van der Waals surface area (Å²) in [4.78, 5) is 14.0. The number of hydrogen-bond acceptors (Lipinski definition) is 4. The number of aliphatic hydroxyl groups is 1. The maximum atomic E-state index is 12.5. The van der Waals surface area contributed by atoms with E-state index in [9.17, 15) is 4.79 Å². The molecule has 2 rings (SSSR count). The van der Waals surface area contributed by atoms with Gasteiger partial charge in [-0.05, 0) is 13.0 Å². The smallest absolute Gasteiger partial charge is 0.290 e. The number of aryl methyl sites for hydroxylation is 1. The van der Waals surface area contributed by atoms with Gasteiger partial charge in [0.1, 0.15) is 0 Å². The predicted octanol–water partition coefficient (Wildman–Crippen LogP) is 2.37. The Morgan fingerprint density at radius 2 is 2.29 bits per heavy atom. The topological polar surface area (TPSA) is 62.9 Å². The molecule has 1 amide bonds. The summed E-state index contributed by atoms with van der Waals surface area (Å²) in [5.41, 5.74) is 1.32. The SMILES string of the molecule is C=CCN(CCO)C(=O)c1oc2c(OC)cccc2c1C. The number of carbonyl (C=O) groups excluding carboxylic acids is 1. The maximum Gasteiger partial charge on any atom is 0.290 e. The largest absolute Gasteiger partial charge is 0.493 e. The van der Waals surface area contributed by atoms with Crippen LogP contribution in [0.3, 0.4) is 0 Å². The Labute approximate surface area is 123 Å². The lowest BCUT2D eigenvalue weighted by atomic mass is 10.1. The first-order valence-electron chi connectivity index (χ1n) is 6.71. The Kier molecular flexibility index (Phi) is 4.65. The molecule has 0 aliphatic heterocycles. The van der Waals surface area contributed by atoms with Crippen molar-refractivity contribution in [1.82, 2.24) is 4.90 Å². The number of furan rings is 1. The molecule has 1 aromatic heterocycles. The van der Waals surface area contributed by atoms with Crippen molar-refractivity contribution < 1.29 is 19.1 Å². The quantitative estimate of drug-likeness (QED) is 0.829. The van der Waals surface area contributed by atoms with Gasteiger partial charge in [0.25, 0.3) is 5.91 Å². The highest BCUT2D eigenvalue weighted by molar-refractivity contribution is 6.00.